The first-order chi connectivity index (χ1) is 14.3. The fraction of sp³-hybridized carbons (Fsp3) is 0.724. The zero-order valence-electron chi connectivity index (χ0n) is 20.7. The van der Waals surface area contributed by atoms with Gasteiger partial charge in [0.05, 0.1) is 0 Å². The van der Waals surface area contributed by atoms with Crippen molar-refractivity contribution in [2.45, 2.75) is 93.4 Å². The molecule has 6 atom stereocenters. The second kappa shape index (κ2) is 6.12. The van der Waals surface area contributed by atoms with Gasteiger partial charge in [0.15, 0.2) is 0 Å². The van der Waals surface area contributed by atoms with Crippen molar-refractivity contribution in [2.24, 2.45) is 38.9 Å². The van der Waals surface area contributed by atoms with Crippen LogP contribution in [0.25, 0.3) is 0 Å². The van der Waals surface area contributed by atoms with Crippen LogP contribution in [0.2, 0.25) is 0 Å². The Morgan fingerprint density at radius 3 is 2.23 bits per heavy atom. The molecule has 3 saturated carbocycles. The fourth-order valence-corrected chi connectivity index (χ4v) is 8.75. The van der Waals surface area contributed by atoms with Crippen molar-refractivity contribution in [3.63, 3.8) is 0 Å². The summed E-state index contributed by atoms with van der Waals surface area (Å²) in [4.78, 5) is 24.9. The molecule has 168 valence electrons. The Morgan fingerprint density at radius 2 is 1.52 bits per heavy atom. The van der Waals surface area contributed by atoms with Crippen molar-refractivity contribution in [1.82, 2.24) is 0 Å². The lowest BCUT2D eigenvalue weighted by Crippen LogP contribution is -2.61. The van der Waals surface area contributed by atoms with Crippen LogP contribution in [0.1, 0.15) is 93.4 Å². The predicted molar refractivity (Wildman–Crippen MR) is 125 cm³/mol. The Morgan fingerprint density at radius 1 is 0.839 bits per heavy atom. The third kappa shape index (κ3) is 2.57. The number of allylic oxidation sites excluding steroid dienone is 6. The maximum absolute atomic E-state index is 12.5. The summed E-state index contributed by atoms with van der Waals surface area (Å²) in [7, 11) is 0. The molecule has 2 nitrogen and oxygen atoms in total. The fourth-order valence-electron chi connectivity index (χ4n) is 8.75. The van der Waals surface area contributed by atoms with Gasteiger partial charge in [0, 0.05) is 11.3 Å². The molecule has 0 aromatic rings. The molecule has 3 fully saturated rings. The van der Waals surface area contributed by atoms with E-state index in [9.17, 15) is 9.59 Å². The molecule has 0 bridgehead atoms. The number of fused-ring (bicyclic) bond motifs is 7. The van der Waals surface area contributed by atoms with Crippen LogP contribution in [0.15, 0.2) is 34.9 Å². The number of hydrogen-bond donors (Lipinski definition) is 0. The van der Waals surface area contributed by atoms with Crippen LogP contribution < -0.4 is 0 Å². The maximum Gasteiger partial charge on any atom is 0.222 e. The van der Waals surface area contributed by atoms with Gasteiger partial charge < -0.3 is 0 Å². The molecule has 2 heteroatoms. The van der Waals surface area contributed by atoms with E-state index >= 15 is 0 Å². The van der Waals surface area contributed by atoms with Crippen LogP contribution in [0.5, 0.6) is 0 Å². The van der Waals surface area contributed by atoms with Gasteiger partial charge in [0.1, 0.15) is 0 Å². The van der Waals surface area contributed by atoms with Gasteiger partial charge in [0.2, 0.25) is 11.6 Å². The van der Waals surface area contributed by atoms with E-state index in [1.165, 1.54) is 44.1 Å². The summed E-state index contributed by atoms with van der Waals surface area (Å²) in [5.41, 5.74) is 4.92. The van der Waals surface area contributed by atoms with Crippen molar-refractivity contribution >= 4 is 11.6 Å². The minimum atomic E-state index is -0.308. The van der Waals surface area contributed by atoms with Gasteiger partial charge >= 0.3 is 0 Å². The van der Waals surface area contributed by atoms with Crippen molar-refractivity contribution in [3.05, 3.63) is 34.9 Å². The predicted octanol–water partition coefficient (Wildman–Crippen LogP) is 7.01. The summed E-state index contributed by atoms with van der Waals surface area (Å²) in [6, 6.07) is 0. The molecule has 0 aromatic carbocycles. The molecule has 5 aliphatic carbocycles. The minimum Gasteiger partial charge on any atom is -0.290 e. The summed E-state index contributed by atoms with van der Waals surface area (Å²) < 4.78 is 0. The van der Waals surface area contributed by atoms with E-state index in [0.717, 1.165) is 23.5 Å². The quantitative estimate of drug-likeness (QED) is 0.395. The van der Waals surface area contributed by atoms with Gasteiger partial charge in [-0.15, -0.1) is 0 Å². The third-order valence-electron chi connectivity index (χ3n) is 11.2. The molecule has 0 radical (unpaired) electrons. The maximum atomic E-state index is 12.5. The summed E-state index contributed by atoms with van der Waals surface area (Å²) in [5, 5.41) is 0. The molecule has 0 aliphatic heterocycles. The normalized spacial score (nSPS) is 48.4. The molecule has 0 aromatic heterocycles. The van der Waals surface area contributed by atoms with E-state index in [2.05, 4.69) is 53.7 Å². The van der Waals surface area contributed by atoms with Gasteiger partial charge in [-0.25, -0.2) is 0 Å². The number of ketones is 2. The summed E-state index contributed by atoms with van der Waals surface area (Å²) in [6.07, 6.45) is 15.1. The summed E-state index contributed by atoms with van der Waals surface area (Å²) in [6.45, 7) is 16.9. The first-order valence-corrected chi connectivity index (χ1v) is 12.5. The van der Waals surface area contributed by atoms with Gasteiger partial charge in [-0.05, 0) is 89.7 Å². The smallest absolute Gasteiger partial charge is 0.222 e. The van der Waals surface area contributed by atoms with Gasteiger partial charge in [-0.3, -0.25) is 9.59 Å². The first kappa shape index (κ1) is 21.4. The largest absolute Gasteiger partial charge is 0.290 e. The van der Waals surface area contributed by atoms with E-state index in [4.69, 9.17) is 0 Å². The topological polar surface area (TPSA) is 34.1 Å². The lowest BCUT2D eigenvalue weighted by molar-refractivity contribution is -0.159. The molecule has 0 saturated heterocycles. The van der Waals surface area contributed by atoms with E-state index < -0.39 is 0 Å². The standard InChI is InChI=1S/C29H40O2/c1-18-19-8-9-22-27(5,20(19)16-21(30)24(18)31)13-15-29(7)23-17-25(2,3)10-11-26(23,4)12-14-28(22,29)6/h8-9,16,18,23H,10-15,17H2,1-7H3/t18?,23-,26+,27+,28-,29+/m1/s1. The molecule has 0 amide bonds. The number of carbonyl (C=O) groups is 2. The Balaban J connectivity index is 1.65. The lowest BCUT2D eigenvalue weighted by Gasteiger charge is -2.70. The third-order valence-corrected chi connectivity index (χ3v) is 11.2. The van der Waals surface area contributed by atoms with Crippen LogP contribution in [0.4, 0.5) is 0 Å². The van der Waals surface area contributed by atoms with E-state index in [0.29, 0.717) is 10.8 Å². The van der Waals surface area contributed by atoms with Crippen LogP contribution in [0, 0.1) is 38.9 Å². The van der Waals surface area contributed by atoms with Gasteiger partial charge in [-0.2, -0.15) is 0 Å². The highest BCUT2D eigenvalue weighted by molar-refractivity contribution is 6.44. The highest BCUT2D eigenvalue weighted by Gasteiger charge is 2.66. The highest BCUT2D eigenvalue weighted by Crippen LogP contribution is 2.75. The number of rotatable bonds is 0. The Hall–Kier alpha value is -1.44. The molecule has 0 spiro atoms. The van der Waals surface area contributed by atoms with E-state index in [1.807, 2.05) is 6.92 Å². The molecular formula is C29H40O2. The average molecular weight is 421 g/mol. The van der Waals surface area contributed by atoms with Crippen molar-refractivity contribution in [2.75, 3.05) is 0 Å². The monoisotopic (exact) mass is 420 g/mol. The van der Waals surface area contributed by atoms with Crippen LogP contribution in [0.3, 0.4) is 0 Å². The van der Waals surface area contributed by atoms with Crippen LogP contribution in [-0.4, -0.2) is 11.6 Å². The van der Waals surface area contributed by atoms with Crippen molar-refractivity contribution in [1.29, 1.82) is 0 Å². The molecule has 0 N–H and O–H groups in total. The zero-order valence-corrected chi connectivity index (χ0v) is 20.7. The molecule has 5 aliphatic rings. The SMILES string of the molecule is CC1C(=O)C(=O)C=C2C1=CC=C1[C@@]2(C)CC[C@@]2(C)[C@@H]3CC(C)(C)CC[C@@]3(C)CC[C@]12C. The van der Waals surface area contributed by atoms with Crippen LogP contribution in [-0.2, 0) is 9.59 Å². The summed E-state index contributed by atoms with van der Waals surface area (Å²) >= 11 is 0. The van der Waals surface area contributed by atoms with Crippen molar-refractivity contribution in [3.8, 4) is 0 Å². The molecular weight excluding hydrogens is 380 g/mol. The Labute approximate surface area is 188 Å². The molecule has 1 unspecified atom stereocenters. The average Bonchev–Trinajstić information content (AvgIpc) is 2.70. The minimum absolute atomic E-state index is 0.124. The Kier molecular flexibility index (Phi) is 4.22. The Bertz CT molecular complexity index is 977. The van der Waals surface area contributed by atoms with Gasteiger partial charge in [-0.1, -0.05) is 66.2 Å². The first-order valence-electron chi connectivity index (χ1n) is 12.5. The molecule has 0 heterocycles. The van der Waals surface area contributed by atoms with Crippen LogP contribution >= 0.6 is 0 Å². The number of carbonyl (C=O) groups excluding carboxylic acids is 2. The molecule has 31 heavy (non-hydrogen) atoms. The van der Waals surface area contributed by atoms with E-state index in [1.54, 1.807) is 6.08 Å². The van der Waals surface area contributed by atoms with Crippen molar-refractivity contribution < 1.29 is 9.59 Å². The number of Topliss-reactive ketones (excluding diaryl/α,β-unsaturated/α-hetero) is 1. The second-order valence-corrected chi connectivity index (χ2v) is 13.4. The molecule has 5 rings (SSSR count). The summed E-state index contributed by atoms with van der Waals surface area (Å²) in [5.74, 6) is -0.121. The zero-order chi connectivity index (χ0) is 22.6. The number of hydrogen-bond acceptors (Lipinski definition) is 2. The lowest BCUT2D eigenvalue weighted by atomic mass is 9.34. The van der Waals surface area contributed by atoms with Gasteiger partial charge in [0.25, 0.3) is 0 Å². The second-order valence-electron chi connectivity index (χ2n) is 13.4. The highest BCUT2D eigenvalue weighted by atomic mass is 16.2. The van der Waals surface area contributed by atoms with E-state index in [-0.39, 0.29) is 33.7 Å².